The molecule has 3 heterocycles. The average molecular weight is 667 g/mol. The highest BCUT2D eigenvalue weighted by molar-refractivity contribution is 6.16. The van der Waals surface area contributed by atoms with Crippen LogP contribution >= 0.6 is 0 Å². The van der Waals surface area contributed by atoms with Crippen LogP contribution in [-0.4, -0.2) is 14.1 Å². The van der Waals surface area contributed by atoms with Gasteiger partial charge in [-0.05, 0) is 85.8 Å². The fraction of sp³-hybridized carbons (Fsp3) is 0.0208. The first-order chi connectivity index (χ1) is 25.7. The third-order valence-corrected chi connectivity index (χ3v) is 10.2. The van der Waals surface area contributed by atoms with E-state index in [1.165, 1.54) is 38.1 Å². The van der Waals surface area contributed by atoms with Crippen molar-refractivity contribution in [1.82, 2.24) is 14.1 Å². The molecule has 0 N–H and O–H groups in total. The lowest BCUT2D eigenvalue weighted by atomic mass is 10.1. The highest BCUT2D eigenvalue weighted by Gasteiger charge is 2.22. The van der Waals surface area contributed by atoms with Gasteiger partial charge in [-0.3, -0.25) is 4.57 Å². The lowest BCUT2D eigenvalue weighted by Gasteiger charge is -2.27. The molecule has 0 radical (unpaired) electrons. The molecule has 0 fully saturated rings. The molecule has 10 rings (SSSR count). The number of aromatic nitrogens is 3. The molecule has 0 unspecified atom stereocenters. The molecule has 0 aliphatic heterocycles. The van der Waals surface area contributed by atoms with E-state index in [1.54, 1.807) is 0 Å². The third-order valence-electron chi connectivity index (χ3n) is 10.2. The second-order valence-corrected chi connectivity index (χ2v) is 13.3. The average Bonchev–Trinajstić information content (AvgIpc) is 3.73. The second kappa shape index (κ2) is 12.1. The smallest absolute Gasteiger partial charge is 0.138 e. The molecule has 4 heteroatoms. The summed E-state index contributed by atoms with van der Waals surface area (Å²) in [5.41, 5.74) is 12.3. The van der Waals surface area contributed by atoms with E-state index in [1.807, 2.05) is 6.07 Å². The SMILES string of the molecule is Cc1ccc(N(c2ccc(-n3c4ccccc4c4ccccc43)cc2)c2cccc3c2c2ccccc2n3-c2cccc(-c3ccccc3)n2)cc1. The van der Waals surface area contributed by atoms with Crippen LogP contribution in [0, 0.1) is 6.92 Å². The van der Waals surface area contributed by atoms with Crippen molar-refractivity contribution >= 4 is 60.7 Å². The first-order valence-electron chi connectivity index (χ1n) is 17.7. The maximum absolute atomic E-state index is 5.21. The number of nitrogens with zero attached hydrogens (tertiary/aromatic N) is 4. The molecule has 0 aliphatic carbocycles. The van der Waals surface area contributed by atoms with Gasteiger partial charge in [0.05, 0.1) is 33.4 Å². The van der Waals surface area contributed by atoms with Crippen LogP contribution in [0.1, 0.15) is 5.56 Å². The fourth-order valence-electron chi connectivity index (χ4n) is 7.82. The maximum Gasteiger partial charge on any atom is 0.138 e. The quantitative estimate of drug-likeness (QED) is 0.177. The molecule has 0 atom stereocenters. The molecule has 0 saturated heterocycles. The summed E-state index contributed by atoms with van der Waals surface area (Å²) in [4.78, 5) is 7.60. The van der Waals surface area contributed by atoms with Crippen LogP contribution in [0.15, 0.2) is 188 Å². The highest BCUT2D eigenvalue weighted by atomic mass is 15.2. The van der Waals surface area contributed by atoms with Gasteiger partial charge in [0.15, 0.2) is 0 Å². The van der Waals surface area contributed by atoms with Gasteiger partial charge in [0.25, 0.3) is 0 Å². The molecule has 0 aliphatic rings. The summed E-state index contributed by atoms with van der Waals surface area (Å²) in [6.45, 7) is 2.14. The summed E-state index contributed by atoms with van der Waals surface area (Å²) < 4.78 is 4.68. The Hall–Kier alpha value is -6.91. The zero-order chi connectivity index (χ0) is 34.6. The Balaban J connectivity index is 1.18. The number of anilines is 3. The number of fused-ring (bicyclic) bond motifs is 6. The number of pyridine rings is 1. The summed E-state index contributed by atoms with van der Waals surface area (Å²) in [6, 6.07) is 67.2. The van der Waals surface area contributed by atoms with Crippen LogP contribution in [0.5, 0.6) is 0 Å². The second-order valence-electron chi connectivity index (χ2n) is 13.3. The van der Waals surface area contributed by atoms with Gasteiger partial charge >= 0.3 is 0 Å². The summed E-state index contributed by atoms with van der Waals surface area (Å²) in [6.07, 6.45) is 0. The molecule has 3 aromatic heterocycles. The van der Waals surface area contributed by atoms with Crippen molar-refractivity contribution in [2.45, 2.75) is 6.92 Å². The molecule has 0 spiro atoms. The first kappa shape index (κ1) is 30.0. The number of hydrogen-bond acceptors (Lipinski definition) is 2. The minimum absolute atomic E-state index is 0.891. The van der Waals surface area contributed by atoms with Crippen LogP contribution in [0.25, 0.3) is 66.4 Å². The minimum Gasteiger partial charge on any atom is -0.310 e. The van der Waals surface area contributed by atoms with Crippen molar-refractivity contribution < 1.29 is 0 Å². The summed E-state index contributed by atoms with van der Waals surface area (Å²) in [7, 11) is 0. The lowest BCUT2D eigenvalue weighted by Crippen LogP contribution is -2.10. The van der Waals surface area contributed by atoms with E-state index in [2.05, 4.69) is 203 Å². The van der Waals surface area contributed by atoms with Gasteiger partial charge in [-0.25, -0.2) is 4.98 Å². The zero-order valence-electron chi connectivity index (χ0n) is 28.7. The van der Waals surface area contributed by atoms with E-state index in [4.69, 9.17) is 4.98 Å². The lowest BCUT2D eigenvalue weighted by molar-refractivity contribution is 1.08. The van der Waals surface area contributed by atoms with E-state index in [9.17, 15) is 0 Å². The van der Waals surface area contributed by atoms with Crippen LogP contribution in [-0.2, 0) is 0 Å². The van der Waals surface area contributed by atoms with Crippen molar-refractivity contribution in [3.8, 4) is 22.8 Å². The predicted octanol–water partition coefficient (Wildman–Crippen LogP) is 12.7. The van der Waals surface area contributed by atoms with Crippen molar-refractivity contribution in [1.29, 1.82) is 0 Å². The monoisotopic (exact) mass is 666 g/mol. The summed E-state index contributed by atoms with van der Waals surface area (Å²) in [5.74, 6) is 0.891. The topological polar surface area (TPSA) is 26.0 Å². The maximum atomic E-state index is 5.21. The number of para-hydroxylation sites is 3. The number of benzene rings is 7. The van der Waals surface area contributed by atoms with E-state index >= 15 is 0 Å². The van der Waals surface area contributed by atoms with E-state index in [-0.39, 0.29) is 0 Å². The molecular formula is C48H34N4. The number of aryl methyl sites for hydroxylation is 1. The van der Waals surface area contributed by atoms with Crippen LogP contribution in [0.2, 0.25) is 0 Å². The predicted molar refractivity (Wildman–Crippen MR) is 218 cm³/mol. The van der Waals surface area contributed by atoms with E-state index in [0.29, 0.717) is 0 Å². The number of hydrogen-bond donors (Lipinski definition) is 0. The molecule has 4 nitrogen and oxygen atoms in total. The first-order valence-corrected chi connectivity index (χ1v) is 17.7. The van der Waals surface area contributed by atoms with Crippen molar-refractivity contribution in [3.63, 3.8) is 0 Å². The van der Waals surface area contributed by atoms with Crippen LogP contribution in [0.3, 0.4) is 0 Å². The largest absolute Gasteiger partial charge is 0.310 e. The van der Waals surface area contributed by atoms with Crippen molar-refractivity contribution in [2.24, 2.45) is 0 Å². The molecular weight excluding hydrogens is 633 g/mol. The Kier molecular flexibility index (Phi) is 7.00. The van der Waals surface area contributed by atoms with E-state index < -0.39 is 0 Å². The Morgan fingerprint density at radius 1 is 0.423 bits per heavy atom. The van der Waals surface area contributed by atoms with Crippen LogP contribution < -0.4 is 4.90 Å². The zero-order valence-corrected chi connectivity index (χ0v) is 28.7. The van der Waals surface area contributed by atoms with Crippen molar-refractivity contribution in [2.75, 3.05) is 4.90 Å². The van der Waals surface area contributed by atoms with Gasteiger partial charge in [0.1, 0.15) is 5.82 Å². The molecule has 0 saturated carbocycles. The number of rotatable bonds is 6. The van der Waals surface area contributed by atoms with Gasteiger partial charge in [0.2, 0.25) is 0 Å². The molecule has 246 valence electrons. The van der Waals surface area contributed by atoms with E-state index in [0.717, 1.165) is 50.9 Å². The Morgan fingerprint density at radius 2 is 0.962 bits per heavy atom. The minimum atomic E-state index is 0.891. The molecule has 52 heavy (non-hydrogen) atoms. The fourth-order valence-corrected chi connectivity index (χ4v) is 7.82. The molecule has 0 bridgehead atoms. The summed E-state index contributed by atoms with van der Waals surface area (Å²) >= 11 is 0. The normalized spacial score (nSPS) is 11.6. The molecule has 7 aromatic carbocycles. The standard InChI is InChI=1S/C48H34N4/c1-33-25-27-35(28-26-33)50(36-29-31-37(32-30-36)51-42-19-8-5-15-38(42)39-16-6-9-20-43(39)51)45-22-12-23-46-48(45)40-17-7-10-21-44(40)52(46)47-24-11-18-41(49-47)34-13-3-2-4-14-34/h2-32H,1H3. The van der Waals surface area contributed by atoms with Gasteiger partial charge < -0.3 is 9.47 Å². The summed E-state index contributed by atoms with van der Waals surface area (Å²) in [5, 5.41) is 4.88. The highest BCUT2D eigenvalue weighted by Crippen LogP contribution is 2.44. The van der Waals surface area contributed by atoms with Gasteiger partial charge in [-0.2, -0.15) is 0 Å². The molecule has 10 aromatic rings. The Morgan fingerprint density at radius 3 is 1.63 bits per heavy atom. The van der Waals surface area contributed by atoms with Gasteiger partial charge in [-0.15, -0.1) is 0 Å². The Bertz CT molecular complexity index is 2850. The van der Waals surface area contributed by atoms with Crippen LogP contribution in [0.4, 0.5) is 17.1 Å². The van der Waals surface area contributed by atoms with Gasteiger partial charge in [-0.1, -0.05) is 115 Å². The third kappa shape index (κ3) is 4.80. The Labute approximate surface area is 302 Å². The van der Waals surface area contributed by atoms with Gasteiger partial charge in [0, 0.05) is 44.2 Å². The van der Waals surface area contributed by atoms with Crippen molar-refractivity contribution in [3.05, 3.63) is 194 Å². The molecule has 0 amide bonds.